The number of hydrogen-bond donors (Lipinski definition) is 1. The van der Waals surface area contributed by atoms with Crippen molar-refractivity contribution < 1.29 is 4.74 Å². The van der Waals surface area contributed by atoms with Gasteiger partial charge in [0.05, 0.1) is 12.1 Å². The summed E-state index contributed by atoms with van der Waals surface area (Å²) in [6.45, 7) is 1.52. The van der Waals surface area contributed by atoms with E-state index in [1.54, 1.807) is 7.11 Å². The third kappa shape index (κ3) is 2.99. The fraction of sp³-hybridized carbons (Fsp3) is 0.375. The number of pyridine rings is 1. The van der Waals surface area contributed by atoms with Gasteiger partial charge in [-0.3, -0.25) is 0 Å². The number of nitrogens with two attached hydrogens (primary N) is 1. The Hall–Kier alpha value is -1.72. The molecular formula is C16H19N3OS. The van der Waals surface area contributed by atoms with Crippen LogP contribution in [0.5, 0.6) is 0 Å². The first-order valence-electron chi connectivity index (χ1n) is 7.16. The van der Waals surface area contributed by atoms with Gasteiger partial charge >= 0.3 is 0 Å². The molecule has 0 saturated heterocycles. The van der Waals surface area contributed by atoms with Gasteiger partial charge in [-0.1, -0.05) is 30.4 Å². The fourth-order valence-electron chi connectivity index (χ4n) is 2.57. The summed E-state index contributed by atoms with van der Waals surface area (Å²) in [5.41, 5.74) is 7.73. The molecule has 5 heteroatoms. The summed E-state index contributed by atoms with van der Waals surface area (Å²) in [5.74, 6) is 0.941. The third-order valence-corrected chi connectivity index (χ3v) is 4.01. The van der Waals surface area contributed by atoms with E-state index in [4.69, 9.17) is 27.7 Å². The van der Waals surface area contributed by atoms with Crippen molar-refractivity contribution in [1.82, 2.24) is 4.98 Å². The number of para-hydroxylation sites is 1. The Morgan fingerprint density at radius 1 is 1.43 bits per heavy atom. The molecule has 1 fully saturated rings. The second-order valence-corrected chi connectivity index (χ2v) is 5.77. The molecule has 2 N–H and O–H groups in total. The maximum atomic E-state index is 5.90. The van der Waals surface area contributed by atoms with E-state index in [9.17, 15) is 0 Å². The molecule has 0 aliphatic heterocycles. The summed E-state index contributed by atoms with van der Waals surface area (Å²) in [5, 5.41) is 1.01. The van der Waals surface area contributed by atoms with Crippen LogP contribution in [0, 0.1) is 0 Å². The Morgan fingerprint density at radius 3 is 2.86 bits per heavy atom. The van der Waals surface area contributed by atoms with Crippen LogP contribution in [0.2, 0.25) is 0 Å². The topological polar surface area (TPSA) is 51.4 Å². The van der Waals surface area contributed by atoms with Crippen molar-refractivity contribution in [2.75, 3.05) is 25.2 Å². The van der Waals surface area contributed by atoms with Crippen LogP contribution in [0.15, 0.2) is 30.3 Å². The van der Waals surface area contributed by atoms with E-state index < -0.39 is 0 Å². The van der Waals surface area contributed by atoms with E-state index in [1.807, 2.05) is 30.3 Å². The largest absolute Gasteiger partial charge is 0.389 e. The smallest absolute Gasteiger partial charge is 0.130 e. The summed E-state index contributed by atoms with van der Waals surface area (Å²) in [7, 11) is 1.72. The zero-order valence-electron chi connectivity index (χ0n) is 12.1. The highest BCUT2D eigenvalue weighted by Crippen LogP contribution is 2.32. The molecule has 1 aromatic heterocycles. The van der Waals surface area contributed by atoms with Crippen LogP contribution in [0.3, 0.4) is 0 Å². The Bertz CT molecular complexity index is 670. The van der Waals surface area contributed by atoms with E-state index in [-0.39, 0.29) is 0 Å². The lowest BCUT2D eigenvalue weighted by atomic mass is 10.1. The van der Waals surface area contributed by atoms with Crippen molar-refractivity contribution in [1.29, 1.82) is 0 Å². The molecule has 0 bridgehead atoms. The summed E-state index contributed by atoms with van der Waals surface area (Å²) in [6.07, 6.45) is 2.42. The number of methoxy groups -OCH3 is 1. The Labute approximate surface area is 129 Å². The molecule has 1 aliphatic rings. The molecule has 0 atom stereocenters. The van der Waals surface area contributed by atoms with Crippen LogP contribution in [-0.4, -0.2) is 36.3 Å². The van der Waals surface area contributed by atoms with E-state index in [1.165, 1.54) is 12.8 Å². The second kappa shape index (κ2) is 5.95. The second-order valence-electron chi connectivity index (χ2n) is 5.33. The van der Waals surface area contributed by atoms with Crippen LogP contribution in [0.25, 0.3) is 10.9 Å². The highest BCUT2D eigenvalue weighted by atomic mass is 32.1. The average Bonchev–Trinajstić information content (AvgIpc) is 3.31. The number of nitrogens with zero attached hydrogens (tertiary/aromatic N) is 2. The minimum absolute atomic E-state index is 0.414. The number of fused-ring (bicyclic) bond motifs is 1. The zero-order chi connectivity index (χ0) is 14.8. The summed E-state index contributed by atoms with van der Waals surface area (Å²) >= 11 is 5.21. The van der Waals surface area contributed by atoms with Gasteiger partial charge in [-0.15, -0.1) is 0 Å². The fourth-order valence-corrected chi connectivity index (χ4v) is 2.74. The first-order valence-corrected chi connectivity index (χ1v) is 7.56. The molecule has 1 saturated carbocycles. The number of benzene rings is 1. The van der Waals surface area contributed by atoms with Gasteiger partial charge in [0.2, 0.25) is 0 Å². The van der Waals surface area contributed by atoms with Crippen LogP contribution in [0.1, 0.15) is 18.4 Å². The number of anilines is 1. The molecule has 0 unspecified atom stereocenters. The number of rotatable bonds is 6. The molecule has 3 rings (SSSR count). The number of hydrogen-bond acceptors (Lipinski definition) is 4. The lowest BCUT2D eigenvalue weighted by Gasteiger charge is -2.24. The van der Waals surface area contributed by atoms with Crippen LogP contribution >= 0.6 is 12.2 Å². The van der Waals surface area contributed by atoms with E-state index in [2.05, 4.69) is 4.90 Å². The SMILES string of the molecule is COCCN(c1cc(C(N)=S)c2ccccc2n1)C1CC1. The molecule has 110 valence electrons. The van der Waals surface area contributed by atoms with E-state index in [0.29, 0.717) is 17.6 Å². The first kappa shape index (κ1) is 14.2. The Kier molecular flexibility index (Phi) is 4.03. The van der Waals surface area contributed by atoms with Crippen molar-refractivity contribution in [3.05, 3.63) is 35.9 Å². The van der Waals surface area contributed by atoms with Crippen molar-refractivity contribution >= 4 is 33.9 Å². The number of ether oxygens (including phenoxy) is 1. The van der Waals surface area contributed by atoms with Crippen LogP contribution < -0.4 is 10.6 Å². The van der Waals surface area contributed by atoms with Gasteiger partial charge in [-0.25, -0.2) is 4.98 Å². The van der Waals surface area contributed by atoms with Gasteiger partial charge in [-0.2, -0.15) is 0 Å². The Balaban J connectivity index is 2.06. The standard InChI is InChI=1S/C16H19N3OS/c1-20-9-8-19(11-6-7-11)15-10-13(16(17)21)12-4-2-3-5-14(12)18-15/h2-5,10-11H,6-9H2,1H3,(H2,17,21). The van der Waals surface area contributed by atoms with E-state index in [0.717, 1.165) is 28.8 Å². The van der Waals surface area contributed by atoms with Crippen LogP contribution in [0.4, 0.5) is 5.82 Å². The van der Waals surface area contributed by atoms with Crippen molar-refractivity contribution in [3.63, 3.8) is 0 Å². The minimum atomic E-state index is 0.414. The van der Waals surface area contributed by atoms with Crippen molar-refractivity contribution in [2.45, 2.75) is 18.9 Å². The predicted molar refractivity (Wildman–Crippen MR) is 89.9 cm³/mol. The highest BCUT2D eigenvalue weighted by Gasteiger charge is 2.30. The summed E-state index contributed by atoms with van der Waals surface area (Å²) in [4.78, 5) is 7.51. The molecule has 0 spiro atoms. The summed E-state index contributed by atoms with van der Waals surface area (Å²) in [6, 6.07) is 10.6. The lowest BCUT2D eigenvalue weighted by molar-refractivity contribution is 0.204. The number of thiocarbonyl (C=S) groups is 1. The van der Waals surface area contributed by atoms with Gasteiger partial charge in [0.25, 0.3) is 0 Å². The monoisotopic (exact) mass is 301 g/mol. The normalized spacial score (nSPS) is 14.3. The quantitative estimate of drug-likeness (QED) is 0.831. The lowest BCUT2D eigenvalue weighted by Crippen LogP contribution is -2.30. The van der Waals surface area contributed by atoms with Gasteiger partial charge in [0, 0.05) is 30.6 Å². The highest BCUT2D eigenvalue weighted by molar-refractivity contribution is 7.80. The summed E-state index contributed by atoms with van der Waals surface area (Å²) < 4.78 is 5.22. The molecule has 1 heterocycles. The molecule has 1 aromatic carbocycles. The molecule has 21 heavy (non-hydrogen) atoms. The minimum Gasteiger partial charge on any atom is -0.389 e. The molecule has 2 aromatic rings. The van der Waals surface area contributed by atoms with Gasteiger partial charge in [-0.05, 0) is 25.0 Å². The average molecular weight is 301 g/mol. The third-order valence-electron chi connectivity index (χ3n) is 3.79. The molecule has 0 amide bonds. The van der Waals surface area contributed by atoms with Crippen molar-refractivity contribution in [2.24, 2.45) is 5.73 Å². The number of aromatic nitrogens is 1. The van der Waals surface area contributed by atoms with Gasteiger partial charge in [0.15, 0.2) is 0 Å². The molecule has 0 radical (unpaired) electrons. The molecular weight excluding hydrogens is 282 g/mol. The maximum absolute atomic E-state index is 5.90. The zero-order valence-corrected chi connectivity index (χ0v) is 12.9. The molecule has 4 nitrogen and oxygen atoms in total. The van der Waals surface area contributed by atoms with Crippen LogP contribution in [-0.2, 0) is 4.74 Å². The van der Waals surface area contributed by atoms with Gasteiger partial charge < -0.3 is 15.4 Å². The predicted octanol–water partition coefficient (Wildman–Crippen LogP) is 2.48. The van der Waals surface area contributed by atoms with Crippen molar-refractivity contribution in [3.8, 4) is 0 Å². The Morgan fingerprint density at radius 2 is 2.19 bits per heavy atom. The van der Waals surface area contributed by atoms with E-state index >= 15 is 0 Å². The molecule has 1 aliphatic carbocycles. The first-order chi connectivity index (χ1) is 10.2. The maximum Gasteiger partial charge on any atom is 0.130 e. The van der Waals surface area contributed by atoms with Gasteiger partial charge in [0.1, 0.15) is 10.8 Å².